The van der Waals surface area contributed by atoms with Gasteiger partial charge < -0.3 is 9.64 Å². The molecule has 0 spiro atoms. The van der Waals surface area contributed by atoms with Crippen molar-refractivity contribution in [3.05, 3.63) is 102 Å². The third-order valence-electron chi connectivity index (χ3n) is 5.77. The molecule has 166 valence electrons. The number of piperazine rings is 1. The van der Waals surface area contributed by atoms with Gasteiger partial charge in [0.15, 0.2) is 6.10 Å². The van der Waals surface area contributed by atoms with Crippen LogP contribution < -0.4 is 4.74 Å². The highest BCUT2D eigenvalue weighted by atomic mass is 19.1. The maximum Gasteiger partial charge on any atom is 0.263 e. The number of halogens is 2. The summed E-state index contributed by atoms with van der Waals surface area (Å²) in [6, 6.07) is 22.0. The minimum Gasteiger partial charge on any atom is -0.481 e. The number of hydrogen-bond acceptors (Lipinski definition) is 3. The number of hydrogen-bond donors (Lipinski definition) is 0. The maximum absolute atomic E-state index is 13.5. The van der Waals surface area contributed by atoms with Crippen molar-refractivity contribution >= 4 is 5.91 Å². The summed E-state index contributed by atoms with van der Waals surface area (Å²) in [5.41, 5.74) is 1.86. The lowest BCUT2D eigenvalue weighted by Crippen LogP contribution is -2.52. The Balaban J connectivity index is 1.45. The molecule has 0 N–H and O–H groups in total. The van der Waals surface area contributed by atoms with Gasteiger partial charge in [-0.25, -0.2) is 8.78 Å². The highest BCUT2D eigenvalue weighted by molar-refractivity contribution is 5.81. The average Bonchev–Trinajstić information content (AvgIpc) is 2.82. The van der Waals surface area contributed by atoms with Crippen molar-refractivity contribution < 1.29 is 18.3 Å². The lowest BCUT2D eigenvalue weighted by atomic mass is 9.96. The molecule has 32 heavy (non-hydrogen) atoms. The molecule has 0 radical (unpaired) electrons. The largest absolute Gasteiger partial charge is 0.481 e. The van der Waals surface area contributed by atoms with E-state index >= 15 is 0 Å². The van der Waals surface area contributed by atoms with Gasteiger partial charge in [-0.3, -0.25) is 9.69 Å². The third-order valence-corrected chi connectivity index (χ3v) is 5.77. The first-order valence-electron chi connectivity index (χ1n) is 10.8. The number of carbonyl (C=O) groups is 1. The normalized spacial score (nSPS) is 15.6. The standard InChI is InChI=1S/C26H26F2N2O2/c1-19(32-24-5-3-2-4-6-24)26(31)30-17-15-29(16-18-30)25(20-7-11-22(27)12-8-20)21-9-13-23(28)14-10-21/h2-14,19,25H,15-18H2,1H3/t19-/m1/s1. The summed E-state index contributed by atoms with van der Waals surface area (Å²) < 4.78 is 32.8. The highest BCUT2D eigenvalue weighted by Crippen LogP contribution is 2.30. The Hall–Kier alpha value is -3.25. The van der Waals surface area contributed by atoms with Crippen LogP contribution in [0.5, 0.6) is 5.75 Å². The van der Waals surface area contributed by atoms with E-state index in [0.29, 0.717) is 31.9 Å². The minimum atomic E-state index is -0.575. The Labute approximate surface area is 187 Å². The van der Waals surface area contributed by atoms with Crippen LogP contribution in [0.15, 0.2) is 78.9 Å². The molecule has 0 bridgehead atoms. The summed E-state index contributed by atoms with van der Waals surface area (Å²) in [4.78, 5) is 17.0. The fraction of sp³-hybridized carbons (Fsp3) is 0.269. The molecule has 1 atom stereocenters. The van der Waals surface area contributed by atoms with Crippen molar-refractivity contribution in [3.63, 3.8) is 0 Å². The van der Waals surface area contributed by atoms with Gasteiger partial charge in [0.2, 0.25) is 0 Å². The van der Waals surface area contributed by atoms with Gasteiger partial charge in [-0.1, -0.05) is 42.5 Å². The Morgan fingerprint density at radius 3 is 1.78 bits per heavy atom. The third kappa shape index (κ3) is 5.14. The van der Waals surface area contributed by atoms with E-state index in [4.69, 9.17) is 4.74 Å². The molecule has 1 aliphatic heterocycles. The molecular formula is C26H26F2N2O2. The summed E-state index contributed by atoms with van der Waals surface area (Å²) in [5, 5.41) is 0. The number of amides is 1. The summed E-state index contributed by atoms with van der Waals surface area (Å²) >= 11 is 0. The van der Waals surface area contributed by atoms with Gasteiger partial charge in [-0.2, -0.15) is 0 Å². The van der Waals surface area contributed by atoms with E-state index in [1.165, 1.54) is 24.3 Å². The second-order valence-corrected chi connectivity index (χ2v) is 7.94. The number of ether oxygens (including phenoxy) is 1. The first kappa shape index (κ1) is 22.0. The zero-order valence-electron chi connectivity index (χ0n) is 18.0. The second kappa shape index (κ2) is 9.92. The number of para-hydroxylation sites is 1. The Bertz CT molecular complexity index is 972. The molecular weight excluding hydrogens is 410 g/mol. The van der Waals surface area contributed by atoms with Crippen LogP contribution in [-0.4, -0.2) is 48.0 Å². The lowest BCUT2D eigenvalue weighted by molar-refractivity contribution is -0.140. The fourth-order valence-corrected chi connectivity index (χ4v) is 4.12. The SMILES string of the molecule is C[C@@H](Oc1ccccc1)C(=O)N1CCN(C(c2ccc(F)cc2)c2ccc(F)cc2)CC1. The topological polar surface area (TPSA) is 32.8 Å². The van der Waals surface area contributed by atoms with Crippen LogP contribution in [0.25, 0.3) is 0 Å². The van der Waals surface area contributed by atoms with Crippen LogP contribution in [0.3, 0.4) is 0 Å². The zero-order valence-corrected chi connectivity index (χ0v) is 18.0. The molecule has 0 unspecified atom stereocenters. The van der Waals surface area contributed by atoms with Gasteiger partial charge in [0, 0.05) is 26.2 Å². The first-order valence-corrected chi connectivity index (χ1v) is 10.8. The van der Waals surface area contributed by atoms with E-state index in [0.717, 1.165) is 11.1 Å². The van der Waals surface area contributed by atoms with E-state index in [9.17, 15) is 13.6 Å². The quantitative estimate of drug-likeness (QED) is 0.563. The van der Waals surface area contributed by atoms with Crippen molar-refractivity contribution in [1.29, 1.82) is 0 Å². The fourth-order valence-electron chi connectivity index (χ4n) is 4.12. The molecule has 3 aromatic rings. The van der Waals surface area contributed by atoms with E-state index in [1.54, 1.807) is 31.2 Å². The first-order chi connectivity index (χ1) is 15.5. The van der Waals surface area contributed by atoms with Crippen LogP contribution >= 0.6 is 0 Å². The molecule has 1 fully saturated rings. The molecule has 4 rings (SSSR count). The zero-order chi connectivity index (χ0) is 22.5. The van der Waals surface area contributed by atoms with Crippen LogP contribution in [0, 0.1) is 11.6 Å². The number of carbonyl (C=O) groups excluding carboxylic acids is 1. The minimum absolute atomic E-state index is 0.0476. The number of benzene rings is 3. The van der Waals surface area contributed by atoms with E-state index in [-0.39, 0.29) is 23.6 Å². The van der Waals surface area contributed by atoms with Crippen molar-refractivity contribution in [2.45, 2.75) is 19.1 Å². The Kier molecular flexibility index (Phi) is 6.81. The van der Waals surface area contributed by atoms with Crippen molar-refractivity contribution in [2.24, 2.45) is 0 Å². The van der Waals surface area contributed by atoms with Gasteiger partial charge in [0.1, 0.15) is 17.4 Å². The molecule has 4 nitrogen and oxygen atoms in total. The summed E-state index contributed by atoms with van der Waals surface area (Å²) in [5.74, 6) is 0.0251. The van der Waals surface area contributed by atoms with Gasteiger partial charge in [-0.05, 0) is 54.4 Å². The van der Waals surface area contributed by atoms with E-state index in [1.807, 2.05) is 35.2 Å². The highest BCUT2D eigenvalue weighted by Gasteiger charge is 2.30. The van der Waals surface area contributed by atoms with Crippen LogP contribution in [0.1, 0.15) is 24.1 Å². The smallest absolute Gasteiger partial charge is 0.263 e. The van der Waals surface area contributed by atoms with Gasteiger partial charge in [-0.15, -0.1) is 0 Å². The lowest BCUT2D eigenvalue weighted by Gasteiger charge is -2.40. The monoisotopic (exact) mass is 436 g/mol. The van der Waals surface area contributed by atoms with E-state index < -0.39 is 6.10 Å². The summed E-state index contributed by atoms with van der Waals surface area (Å²) in [7, 11) is 0. The maximum atomic E-state index is 13.5. The Morgan fingerprint density at radius 1 is 0.781 bits per heavy atom. The Morgan fingerprint density at radius 2 is 1.28 bits per heavy atom. The molecule has 3 aromatic carbocycles. The van der Waals surface area contributed by atoms with Gasteiger partial charge in [0.05, 0.1) is 6.04 Å². The second-order valence-electron chi connectivity index (χ2n) is 7.94. The number of rotatable bonds is 6. The molecule has 0 aliphatic carbocycles. The van der Waals surface area contributed by atoms with Crippen molar-refractivity contribution in [1.82, 2.24) is 9.80 Å². The van der Waals surface area contributed by atoms with E-state index in [2.05, 4.69) is 4.90 Å². The van der Waals surface area contributed by atoms with Crippen molar-refractivity contribution in [2.75, 3.05) is 26.2 Å². The number of nitrogens with zero attached hydrogens (tertiary/aromatic N) is 2. The average molecular weight is 437 g/mol. The van der Waals surface area contributed by atoms with Crippen LogP contribution in [0.4, 0.5) is 8.78 Å². The molecule has 0 aromatic heterocycles. The van der Waals surface area contributed by atoms with Gasteiger partial charge in [0.25, 0.3) is 5.91 Å². The van der Waals surface area contributed by atoms with Crippen LogP contribution in [-0.2, 0) is 4.79 Å². The predicted octanol–water partition coefficient (Wildman–Crippen LogP) is 4.67. The predicted molar refractivity (Wildman–Crippen MR) is 119 cm³/mol. The molecule has 0 saturated carbocycles. The molecule has 1 saturated heterocycles. The molecule has 1 aliphatic rings. The molecule has 1 heterocycles. The summed E-state index contributed by atoms with van der Waals surface area (Å²) in [6.07, 6.45) is -0.575. The molecule has 1 amide bonds. The summed E-state index contributed by atoms with van der Waals surface area (Å²) in [6.45, 7) is 4.16. The van der Waals surface area contributed by atoms with Gasteiger partial charge >= 0.3 is 0 Å². The van der Waals surface area contributed by atoms with Crippen LogP contribution in [0.2, 0.25) is 0 Å². The molecule has 6 heteroatoms. The van der Waals surface area contributed by atoms with Crippen molar-refractivity contribution in [3.8, 4) is 5.75 Å².